The van der Waals surface area contributed by atoms with Gasteiger partial charge in [-0.2, -0.15) is 0 Å². The molecular weight excluding hydrogens is 561 g/mol. The number of benzene rings is 1. The van der Waals surface area contributed by atoms with Crippen molar-refractivity contribution in [3.8, 4) is 5.75 Å². The third kappa shape index (κ3) is 6.93. The Kier molecular flexibility index (Phi) is 9.31. The van der Waals surface area contributed by atoms with E-state index in [1.54, 1.807) is 51.1 Å². The van der Waals surface area contributed by atoms with Crippen LogP contribution in [0.1, 0.15) is 33.4 Å². The topological polar surface area (TPSA) is 158 Å². The fourth-order valence-electron chi connectivity index (χ4n) is 3.47. The first-order chi connectivity index (χ1) is 16.9. The van der Waals surface area contributed by atoms with Gasteiger partial charge in [-0.3, -0.25) is 23.7 Å². The number of aromatic nitrogens is 2. The molecule has 0 aliphatic carbocycles. The molecule has 0 saturated carbocycles. The number of para-hydroxylation sites is 1. The fraction of sp³-hybridized carbons (Fsp3) is 0.500. The molecule has 0 radical (unpaired) electrons. The average Bonchev–Trinajstić information content (AvgIpc) is 3.05. The maximum Gasteiger partial charge on any atom is 0.459 e. The molecule has 1 unspecified atom stereocenters. The number of aromatic amines is 1. The number of esters is 1. The van der Waals surface area contributed by atoms with Crippen molar-refractivity contribution in [2.24, 2.45) is 0 Å². The molecule has 2 aromatic rings. The van der Waals surface area contributed by atoms with E-state index in [-0.39, 0.29) is 25.4 Å². The predicted octanol–water partition coefficient (Wildman–Crippen LogP) is 2.08. The van der Waals surface area contributed by atoms with E-state index in [1.807, 2.05) is 0 Å². The van der Waals surface area contributed by atoms with Gasteiger partial charge < -0.3 is 19.1 Å². The summed E-state index contributed by atoms with van der Waals surface area (Å²) in [5.41, 5.74) is -1.29. The van der Waals surface area contributed by atoms with Gasteiger partial charge in [0.15, 0.2) is 6.23 Å². The Bertz CT molecular complexity index is 1200. The number of carbonyl (C=O) groups excluding carboxylic acids is 1. The molecule has 36 heavy (non-hydrogen) atoms. The van der Waals surface area contributed by atoms with Crippen molar-refractivity contribution in [1.82, 2.24) is 14.6 Å². The van der Waals surface area contributed by atoms with Crippen LogP contribution in [0.4, 0.5) is 0 Å². The minimum absolute atomic E-state index is 0.0720. The van der Waals surface area contributed by atoms with E-state index < -0.39 is 53.8 Å². The third-order valence-corrected chi connectivity index (χ3v) is 7.92. The lowest BCUT2D eigenvalue weighted by Crippen LogP contribution is -2.42. The van der Waals surface area contributed by atoms with Crippen molar-refractivity contribution in [1.29, 1.82) is 0 Å². The lowest BCUT2D eigenvalue weighted by Gasteiger charge is -2.27. The van der Waals surface area contributed by atoms with Crippen LogP contribution in [0.3, 0.4) is 0 Å². The summed E-state index contributed by atoms with van der Waals surface area (Å²) in [6.45, 7) is 4.46. The van der Waals surface area contributed by atoms with E-state index >= 15 is 0 Å². The van der Waals surface area contributed by atoms with E-state index in [0.717, 1.165) is 10.6 Å². The maximum absolute atomic E-state index is 13.6. The number of carbonyl (C=O) groups is 1. The van der Waals surface area contributed by atoms with Crippen LogP contribution in [0.25, 0.3) is 0 Å². The largest absolute Gasteiger partial charge is 0.464 e. The summed E-state index contributed by atoms with van der Waals surface area (Å²) >= 11 is 3.41. The minimum atomic E-state index is -4.06. The van der Waals surface area contributed by atoms with Crippen molar-refractivity contribution in [3.05, 3.63) is 63.4 Å². The number of ether oxygens (including phenoxy) is 2. The Morgan fingerprint density at radius 1 is 1.33 bits per heavy atom. The summed E-state index contributed by atoms with van der Waals surface area (Å²) in [6.07, 6.45) is -1.79. The zero-order chi connectivity index (χ0) is 26.5. The van der Waals surface area contributed by atoms with Gasteiger partial charge in [-0.25, -0.2) is 14.4 Å². The summed E-state index contributed by atoms with van der Waals surface area (Å²) in [7, 11) is -4.06. The van der Waals surface area contributed by atoms with E-state index in [9.17, 15) is 24.1 Å². The number of alkyl halides is 1. The molecule has 0 spiro atoms. The second-order valence-corrected chi connectivity index (χ2v) is 11.8. The SMILES string of the molecule is CCC(=O)OC[C@H](C)NP(=O)(OC[C@H]1O[C@@H](n2ccc(=O)[nH]c2=O)[C@](C)(Br)[C@@H]1O)Oc1ccccc1. The highest BCUT2D eigenvalue weighted by Crippen LogP contribution is 2.48. The Morgan fingerprint density at radius 2 is 2.03 bits per heavy atom. The number of H-pyrrole nitrogens is 1. The highest BCUT2D eigenvalue weighted by atomic mass is 79.9. The minimum Gasteiger partial charge on any atom is -0.464 e. The van der Waals surface area contributed by atoms with Gasteiger partial charge in [0.25, 0.3) is 5.56 Å². The number of nitrogens with zero attached hydrogens (tertiary/aromatic N) is 1. The lowest BCUT2D eigenvalue weighted by atomic mass is 10.0. The standard InChI is InChI=1S/C22H29BrN3O9P/c1-4-18(28)32-12-14(2)25-36(31,35-15-8-6-5-7-9-15)33-13-16-19(29)22(3,23)20(34-16)26-11-10-17(27)24-21(26)30/h5-11,14,16,19-20,29H,4,12-13H2,1-3H3,(H,25,31)(H,24,27,30)/t14-,16+,19+,20+,22+,36?/m0/s1. The number of hydrogen-bond acceptors (Lipinski definition) is 9. The summed E-state index contributed by atoms with van der Waals surface area (Å²) in [6, 6.07) is 8.89. The van der Waals surface area contributed by atoms with Crippen LogP contribution >= 0.6 is 23.7 Å². The smallest absolute Gasteiger partial charge is 0.459 e. The number of halogens is 1. The van der Waals surface area contributed by atoms with E-state index in [4.69, 9.17) is 18.5 Å². The van der Waals surface area contributed by atoms with E-state index in [1.165, 1.54) is 6.20 Å². The van der Waals surface area contributed by atoms with Crippen LogP contribution in [-0.2, 0) is 23.4 Å². The molecular formula is C22H29BrN3O9P. The number of nitrogens with one attached hydrogen (secondary N) is 2. The molecule has 1 aliphatic rings. The fourth-order valence-corrected chi connectivity index (χ4v) is 5.63. The van der Waals surface area contributed by atoms with Gasteiger partial charge in [-0.05, 0) is 26.0 Å². The van der Waals surface area contributed by atoms with Crippen molar-refractivity contribution in [3.63, 3.8) is 0 Å². The van der Waals surface area contributed by atoms with Crippen LogP contribution in [-0.4, -0.2) is 56.4 Å². The summed E-state index contributed by atoms with van der Waals surface area (Å²) in [5.74, 6) is -0.145. The van der Waals surface area contributed by atoms with Gasteiger partial charge in [0.1, 0.15) is 24.6 Å². The molecule has 14 heteroatoms. The zero-order valence-corrected chi connectivity index (χ0v) is 22.4. The third-order valence-electron chi connectivity index (χ3n) is 5.36. The number of hydrogen-bond donors (Lipinski definition) is 3. The van der Waals surface area contributed by atoms with E-state index in [2.05, 4.69) is 26.0 Å². The van der Waals surface area contributed by atoms with Crippen molar-refractivity contribution < 1.29 is 33.0 Å². The summed E-state index contributed by atoms with van der Waals surface area (Å²) in [5, 5.41) is 13.6. The van der Waals surface area contributed by atoms with Crippen LogP contribution in [0.15, 0.2) is 52.2 Å². The highest BCUT2D eigenvalue weighted by Gasteiger charge is 2.53. The van der Waals surface area contributed by atoms with Gasteiger partial charge in [-0.15, -0.1) is 0 Å². The molecule has 12 nitrogen and oxygen atoms in total. The van der Waals surface area contributed by atoms with Gasteiger partial charge in [-0.1, -0.05) is 41.1 Å². The highest BCUT2D eigenvalue weighted by molar-refractivity contribution is 9.10. The second kappa shape index (κ2) is 11.8. The molecule has 0 bridgehead atoms. The van der Waals surface area contributed by atoms with Crippen molar-refractivity contribution >= 4 is 29.6 Å². The molecule has 1 fully saturated rings. The van der Waals surface area contributed by atoms with E-state index in [0.29, 0.717) is 0 Å². The van der Waals surface area contributed by atoms with Crippen LogP contribution in [0.2, 0.25) is 0 Å². The Balaban J connectivity index is 1.76. The van der Waals surface area contributed by atoms with Crippen LogP contribution in [0, 0.1) is 0 Å². The number of aliphatic hydroxyl groups is 1. The quantitative estimate of drug-likeness (QED) is 0.201. The molecule has 0 amide bonds. The number of aliphatic hydroxyl groups excluding tert-OH is 1. The normalized spacial score (nSPS) is 26.2. The van der Waals surface area contributed by atoms with Crippen LogP contribution in [0.5, 0.6) is 5.75 Å². The summed E-state index contributed by atoms with van der Waals surface area (Å²) < 4.78 is 35.9. The monoisotopic (exact) mass is 589 g/mol. The zero-order valence-electron chi connectivity index (χ0n) is 20.0. The Labute approximate surface area is 215 Å². The number of rotatable bonds is 11. The molecule has 198 valence electrons. The predicted molar refractivity (Wildman–Crippen MR) is 133 cm³/mol. The Morgan fingerprint density at radius 3 is 2.67 bits per heavy atom. The van der Waals surface area contributed by atoms with Gasteiger partial charge in [0.05, 0.1) is 10.9 Å². The second-order valence-electron chi connectivity index (χ2n) is 8.40. The summed E-state index contributed by atoms with van der Waals surface area (Å²) in [4.78, 5) is 37.3. The van der Waals surface area contributed by atoms with Gasteiger partial charge >= 0.3 is 19.4 Å². The molecule has 3 N–H and O–H groups in total. The molecule has 6 atom stereocenters. The molecule has 2 heterocycles. The molecule has 1 saturated heterocycles. The van der Waals surface area contributed by atoms with Crippen LogP contribution < -0.4 is 20.9 Å². The first-order valence-corrected chi connectivity index (χ1v) is 13.6. The van der Waals surface area contributed by atoms with Crippen molar-refractivity contribution in [2.45, 2.75) is 56.0 Å². The van der Waals surface area contributed by atoms with Gasteiger partial charge in [0.2, 0.25) is 0 Å². The average molecular weight is 590 g/mol. The molecule has 3 rings (SSSR count). The van der Waals surface area contributed by atoms with Crippen molar-refractivity contribution in [2.75, 3.05) is 13.2 Å². The first kappa shape index (κ1) is 28.3. The molecule has 1 aromatic heterocycles. The molecule has 1 aromatic carbocycles. The Hall–Kier alpha value is -2.28. The molecule has 1 aliphatic heterocycles. The maximum atomic E-state index is 13.6. The first-order valence-electron chi connectivity index (χ1n) is 11.2. The van der Waals surface area contributed by atoms with Gasteiger partial charge in [0, 0.05) is 24.7 Å². The lowest BCUT2D eigenvalue weighted by molar-refractivity contribution is -0.143.